The molecule has 2 aromatic rings. The SMILES string of the molecule is CCc1ccc(S(=O)(=O)NCc2cccs2)cc1CNC. The molecule has 0 amide bonds. The Hall–Kier alpha value is -1.21. The number of sulfonamides is 1. The van der Waals surface area contributed by atoms with Gasteiger partial charge >= 0.3 is 0 Å². The van der Waals surface area contributed by atoms with Crippen molar-refractivity contribution in [3.8, 4) is 0 Å². The minimum Gasteiger partial charge on any atom is -0.316 e. The highest BCUT2D eigenvalue weighted by atomic mass is 32.2. The Morgan fingerprint density at radius 2 is 1.95 bits per heavy atom. The third-order valence-electron chi connectivity index (χ3n) is 3.25. The van der Waals surface area contributed by atoms with Gasteiger partial charge < -0.3 is 5.32 Å². The molecule has 0 unspecified atom stereocenters. The number of benzene rings is 1. The molecule has 2 rings (SSSR count). The summed E-state index contributed by atoms with van der Waals surface area (Å²) in [5, 5.41) is 5.01. The first-order valence-electron chi connectivity index (χ1n) is 6.85. The van der Waals surface area contributed by atoms with Crippen LogP contribution in [0.15, 0.2) is 40.6 Å². The summed E-state index contributed by atoms with van der Waals surface area (Å²) in [6.07, 6.45) is 0.889. The van der Waals surface area contributed by atoms with Gasteiger partial charge in [-0.25, -0.2) is 13.1 Å². The maximum absolute atomic E-state index is 12.4. The Labute approximate surface area is 130 Å². The van der Waals surface area contributed by atoms with Crippen LogP contribution in [-0.2, 0) is 29.5 Å². The minimum absolute atomic E-state index is 0.321. The summed E-state index contributed by atoms with van der Waals surface area (Å²) in [6, 6.07) is 9.16. The average Bonchev–Trinajstić information content (AvgIpc) is 2.99. The van der Waals surface area contributed by atoms with Crippen LogP contribution < -0.4 is 10.0 Å². The molecule has 0 spiro atoms. The summed E-state index contributed by atoms with van der Waals surface area (Å²) in [6.45, 7) is 3.06. The Bertz CT molecular complexity index is 680. The fraction of sp³-hybridized carbons (Fsp3) is 0.333. The summed E-state index contributed by atoms with van der Waals surface area (Å²) in [5.41, 5.74) is 2.19. The zero-order chi connectivity index (χ0) is 15.3. The second kappa shape index (κ2) is 7.17. The molecule has 0 atom stereocenters. The highest BCUT2D eigenvalue weighted by Gasteiger charge is 2.15. The van der Waals surface area contributed by atoms with Gasteiger partial charge in [0.05, 0.1) is 4.90 Å². The first-order valence-corrected chi connectivity index (χ1v) is 9.21. The first kappa shape index (κ1) is 16.2. The van der Waals surface area contributed by atoms with Gasteiger partial charge in [0, 0.05) is 18.0 Å². The topological polar surface area (TPSA) is 58.2 Å². The van der Waals surface area contributed by atoms with Gasteiger partial charge in [0.1, 0.15) is 0 Å². The molecule has 0 saturated heterocycles. The zero-order valence-corrected chi connectivity index (χ0v) is 13.9. The molecule has 6 heteroatoms. The third-order valence-corrected chi connectivity index (χ3v) is 5.53. The maximum Gasteiger partial charge on any atom is 0.240 e. The Balaban J connectivity index is 2.20. The van der Waals surface area contributed by atoms with Crippen molar-refractivity contribution >= 4 is 21.4 Å². The van der Waals surface area contributed by atoms with E-state index in [1.807, 2.05) is 30.6 Å². The molecule has 0 bridgehead atoms. The molecule has 1 heterocycles. The molecule has 0 radical (unpaired) electrons. The summed E-state index contributed by atoms with van der Waals surface area (Å²) >= 11 is 1.54. The van der Waals surface area contributed by atoms with Crippen LogP contribution in [0.5, 0.6) is 0 Å². The Morgan fingerprint density at radius 3 is 2.57 bits per heavy atom. The molecule has 21 heavy (non-hydrogen) atoms. The van der Waals surface area contributed by atoms with Gasteiger partial charge in [0.25, 0.3) is 0 Å². The van der Waals surface area contributed by atoms with Crippen LogP contribution in [-0.4, -0.2) is 15.5 Å². The quantitative estimate of drug-likeness (QED) is 0.823. The number of hydrogen-bond acceptors (Lipinski definition) is 4. The first-order chi connectivity index (χ1) is 10.1. The van der Waals surface area contributed by atoms with Gasteiger partial charge in [-0.1, -0.05) is 19.1 Å². The molecule has 0 saturated carbocycles. The predicted molar refractivity (Wildman–Crippen MR) is 86.9 cm³/mol. The molecule has 0 aliphatic heterocycles. The van der Waals surface area contributed by atoms with E-state index >= 15 is 0 Å². The second-order valence-corrected chi connectivity index (χ2v) is 7.52. The number of thiophene rings is 1. The van der Waals surface area contributed by atoms with E-state index < -0.39 is 10.0 Å². The summed E-state index contributed by atoms with van der Waals surface area (Å²) in [4.78, 5) is 1.32. The standard InChI is InChI=1S/C15H20N2O2S2/c1-3-12-6-7-15(9-13(12)10-16-2)21(18,19)17-11-14-5-4-8-20-14/h4-9,16-17H,3,10-11H2,1-2H3. The second-order valence-electron chi connectivity index (χ2n) is 4.72. The van der Waals surface area contributed by atoms with Crippen molar-refractivity contribution in [2.75, 3.05) is 7.05 Å². The van der Waals surface area contributed by atoms with Crippen molar-refractivity contribution in [1.29, 1.82) is 0 Å². The minimum atomic E-state index is -3.47. The smallest absolute Gasteiger partial charge is 0.240 e. The van der Waals surface area contributed by atoms with Crippen LogP contribution in [0.25, 0.3) is 0 Å². The van der Waals surface area contributed by atoms with Gasteiger partial charge in [0.15, 0.2) is 0 Å². The van der Waals surface area contributed by atoms with Crippen molar-refractivity contribution in [3.05, 3.63) is 51.7 Å². The van der Waals surface area contributed by atoms with E-state index in [9.17, 15) is 8.42 Å². The molecule has 0 aliphatic rings. The molecule has 2 N–H and O–H groups in total. The number of nitrogens with one attached hydrogen (secondary N) is 2. The number of aryl methyl sites for hydroxylation is 1. The van der Waals surface area contributed by atoms with Gasteiger partial charge in [0.2, 0.25) is 10.0 Å². The molecule has 114 valence electrons. The summed E-state index contributed by atoms with van der Waals surface area (Å²) < 4.78 is 27.4. The Morgan fingerprint density at radius 1 is 1.14 bits per heavy atom. The van der Waals surface area contributed by atoms with E-state index in [1.165, 1.54) is 16.9 Å². The lowest BCUT2D eigenvalue weighted by atomic mass is 10.1. The van der Waals surface area contributed by atoms with E-state index in [4.69, 9.17) is 0 Å². The molecular weight excluding hydrogens is 304 g/mol. The molecule has 0 fully saturated rings. The average molecular weight is 324 g/mol. The van der Waals surface area contributed by atoms with Crippen LogP contribution in [0, 0.1) is 0 Å². The van der Waals surface area contributed by atoms with Crippen LogP contribution in [0.3, 0.4) is 0 Å². The van der Waals surface area contributed by atoms with Gasteiger partial charge in [-0.2, -0.15) is 0 Å². The van der Waals surface area contributed by atoms with Crippen LogP contribution in [0.4, 0.5) is 0 Å². The van der Waals surface area contributed by atoms with Crippen molar-refractivity contribution in [2.24, 2.45) is 0 Å². The van der Waals surface area contributed by atoms with Crippen LogP contribution in [0.2, 0.25) is 0 Å². The number of rotatable bonds is 7. The van der Waals surface area contributed by atoms with Crippen molar-refractivity contribution in [3.63, 3.8) is 0 Å². The fourth-order valence-electron chi connectivity index (χ4n) is 2.13. The van der Waals surface area contributed by atoms with Crippen LogP contribution in [0.1, 0.15) is 22.9 Å². The lowest BCUT2D eigenvalue weighted by Gasteiger charge is -2.11. The molecule has 1 aromatic carbocycles. The van der Waals surface area contributed by atoms with E-state index in [0.29, 0.717) is 18.0 Å². The molecule has 0 aliphatic carbocycles. The van der Waals surface area contributed by atoms with Crippen LogP contribution >= 0.6 is 11.3 Å². The lowest BCUT2D eigenvalue weighted by Crippen LogP contribution is -2.23. The summed E-state index contributed by atoms with van der Waals surface area (Å²) in [7, 11) is -1.62. The normalized spacial score (nSPS) is 11.7. The van der Waals surface area contributed by atoms with Gasteiger partial charge in [-0.3, -0.25) is 0 Å². The molecule has 4 nitrogen and oxygen atoms in total. The predicted octanol–water partition coefficient (Wildman–Crippen LogP) is 2.51. The van der Waals surface area contributed by atoms with Crippen molar-refractivity contribution in [2.45, 2.75) is 31.3 Å². The number of hydrogen-bond donors (Lipinski definition) is 2. The lowest BCUT2D eigenvalue weighted by molar-refractivity contribution is 0.581. The van der Waals surface area contributed by atoms with E-state index in [-0.39, 0.29) is 0 Å². The molecule has 1 aromatic heterocycles. The van der Waals surface area contributed by atoms with Gasteiger partial charge in [-0.15, -0.1) is 11.3 Å². The maximum atomic E-state index is 12.4. The Kier molecular flexibility index (Phi) is 5.52. The van der Waals surface area contributed by atoms with E-state index in [0.717, 1.165) is 16.9 Å². The van der Waals surface area contributed by atoms with Crippen molar-refractivity contribution in [1.82, 2.24) is 10.0 Å². The fourth-order valence-corrected chi connectivity index (χ4v) is 3.92. The zero-order valence-electron chi connectivity index (χ0n) is 12.2. The van der Waals surface area contributed by atoms with Gasteiger partial charge in [-0.05, 0) is 48.2 Å². The summed E-state index contributed by atoms with van der Waals surface area (Å²) in [5.74, 6) is 0. The monoisotopic (exact) mass is 324 g/mol. The van der Waals surface area contributed by atoms with E-state index in [1.54, 1.807) is 12.1 Å². The largest absolute Gasteiger partial charge is 0.316 e. The third kappa shape index (κ3) is 4.14. The highest BCUT2D eigenvalue weighted by molar-refractivity contribution is 7.89. The molecular formula is C15H20N2O2S2. The van der Waals surface area contributed by atoms with E-state index in [2.05, 4.69) is 17.0 Å². The highest BCUT2D eigenvalue weighted by Crippen LogP contribution is 2.18. The van der Waals surface area contributed by atoms with Crippen molar-refractivity contribution < 1.29 is 8.42 Å².